The summed E-state index contributed by atoms with van der Waals surface area (Å²) in [7, 11) is 1.48. The molecule has 0 aliphatic carbocycles. The van der Waals surface area contributed by atoms with Crippen molar-refractivity contribution in [2.45, 2.75) is 6.18 Å². The van der Waals surface area contributed by atoms with Gasteiger partial charge >= 0.3 is 12.2 Å². The van der Waals surface area contributed by atoms with Gasteiger partial charge in [-0.2, -0.15) is 18.4 Å². The first-order valence-electron chi connectivity index (χ1n) is 6.13. The number of hydrogen-bond donors (Lipinski definition) is 2. The molecule has 6 nitrogen and oxygen atoms in total. The lowest BCUT2D eigenvalue weighted by molar-refractivity contribution is -0.153. The molecule has 1 aromatic carbocycles. The first-order valence-corrected chi connectivity index (χ1v) is 6.13. The fraction of sp³-hybridized carbons (Fsp3) is 0.385. The number of methoxy groups -OCH3 is 1. The zero-order valence-electron chi connectivity index (χ0n) is 11.7. The average molecular weight is 317 g/mol. The minimum Gasteiger partial charge on any atom is -0.483 e. The van der Waals surface area contributed by atoms with E-state index in [2.05, 4.69) is 15.4 Å². The molecule has 22 heavy (non-hydrogen) atoms. The normalized spacial score (nSPS) is 10.7. The first-order chi connectivity index (χ1) is 10.4. The van der Waals surface area contributed by atoms with Crippen molar-refractivity contribution in [1.82, 2.24) is 5.32 Å². The van der Waals surface area contributed by atoms with Gasteiger partial charge in [-0.25, -0.2) is 4.79 Å². The van der Waals surface area contributed by atoms with Crippen molar-refractivity contribution in [3.05, 3.63) is 23.8 Å². The third-order valence-corrected chi connectivity index (χ3v) is 2.34. The Morgan fingerprint density at radius 2 is 2.14 bits per heavy atom. The van der Waals surface area contributed by atoms with Crippen LogP contribution in [-0.4, -0.2) is 39.1 Å². The van der Waals surface area contributed by atoms with E-state index in [1.165, 1.54) is 25.3 Å². The molecule has 1 rings (SSSR count). The molecule has 0 fully saturated rings. The number of halogens is 3. The number of rotatable bonds is 6. The lowest BCUT2D eigenvalue weighted by Gasteiger charge is -2.12. The SMILES string of the molecule is COCCNC(=O)Nc1ccc(OCC(F)(F)F)c(C#N)c1. The van der Waals surface area contributed by atoms with Crippen LogP contribution in [0.1, 0.15) is 5.56 Å². The Morgan fingerprint density at radius 1 is 1.41 bits per heavy atom. The van der Waals surface area contributed by atoms with Crippen molar-refractivity contribution in [2.24, 2.45) is 0 Å². The summed E-state index contributed by atoms with van der Waals surface area (Å²) in [5.74, 6) is -0.204. The Bertz CT molecular complexity index is 556. The second-order valence-electron chi connectivity index (χ2n) is 4.10. The number of hydrogen-bond acceptors (Lipinski definition) is 4. The second-order valence-corrected chi connectivity index (χ2v) is 4.10. The number of ether oxygens (including phenoxy) is 2. The van der Waals surface area contributed by atoms with Crippen LogP contribution >= 0.6 is 0 Å². The van der Waals surface area contributed by atoms with E-state index in [9.17, 15) is 18.0 Å². The highest BCUT2D eigenvalue weighted by Gasteiger charge is 2.28. The number of nitriles is 1. The van der Waals surface area contributed by atoms with Crippen molar-refractivity contribution in [2.75, 3.05) is 32.2 Å². The Hall–Kier alpha value is -2.47. The van der Waals surface area contributed by atoms with Gasteiger partial charge in [0.25, 0.3) is 0 Å². The minimum atomic E-state index is -4.50. The number of amides is 2. The number of alkyl halides is 3. The van der Waals surface area contributed by atoms with Gasteiger partial charge in [0.2, 0.25) is 0 Å². The summed E-state index contributed by atoms with van der Waals surface area (Å²) in [5, 5.41) is 13.9. The number of anilines is 1. The maximum atomic E-state index is 12.1. The monoisotopic (exact) mass is 317 g/mol. The topological polar surface area (TPSA) is 83.4 Å². The molecule has 1 aromatic rings. The number of nitrogens with zero attached hydrogens (tertiary/aromatic N) is 1. The summed E-state index contributed by atoms with van der Waals surface area (Å²) >= 11 is 0. The molecule has 2 N–H and O–H groups in total. The van der Waals surface area contributed by atoms with Crippen LogP contribution in [-0.2, 0) is 4.74 Å². The van der Waals surface area contributed by atoms with E-state index in [1.807, 2.05) is 0 Å². The third kappa shape index (κ3) is 6.32. The molecule has 120 valence electrons. The van der Waals surface area contributed by atoms with Crippen LogP contribution in [0.3, 0.4) is 0 Å². The molecule has 0 bridgehead atoms. The average Bonchev–Trinajstić information content (AvgIpc) is 2.45. The molecule has 2 amide bonds. The van der Waals surface area contributed by atoms with Gasteiger partial charge in [-0.05, 0) is 18.2 Å². The zero-order chi connectivity index (χ0) is 16.6. The molecular weight excluding hydrogens is 303 g/mol. The van der Waals surface area contributed by atoms with Crippen LogP contribution in [0.15, 0.2) is 18.2 Å². The quantitative estimate of drug-likeness (QED) is 0.788. The number of benzene rings is 1. The number of carbonyl (C=O) groups excluding carboxylic acids is 1. The molecule has 0 heterocycles. The maximum Gasteiger partial charge on any atom is 0.422 e. The second kappa shape index (κ2) is 8.09. The molecule has 0 radical (unpaired) electrons. The molecule has 0 unspecified atom stereocenters. The maximum absolute atomic E-state index is 12.1. The van der Waals surface area contributed by atoms with Crippen molar-refractivity contribution in [3.63, 3.8) is 0 Å². The van der Waals surface area contributed by atoms with Crippen LogP contribution in [0.25, 0.3) is 0 Å². The van der Waals surface area contributed by atoms with Crippen LogP contribution in [0.5, 0.6) is 5.75 Å². The standard InChI is InChI=1S/C13H14F3N3O3/c1-21-5-4-18-12(20)19-10-2-3-11(9(6-10)7-17)22-8-13(14,15)16/h2-3,6H,4-5,8H2,1H3,(H2,18,19,20). The molecule has 0 spiro atoms. The molecule has 0 aliphatic heterocycles. The Balaban J connectivity index is 2.68. The van der Waals surface area contributed by atoms with E-state index in [-0.39, 0.29) is 17.0 Å². The summed E-state index contributed by atoms with van der Waals surface area (Å²) < 4.78 is 45.6. The highest BCUT2D eigenvalue weighted by Crippen LogP contribution is 2.24. The van der Waals surface area contributed by atoms with Gasteiger partial charge in [0.15, 0.2) is 6.61 Å². The molecule has 9 heteroatoms. The lowest BCUT2D eigenvalue weighted by atomic mass is 10.2. The predicted octanol–water partition coefficient (Wildman–Crippen LogP) is 2.27. The van der Waals surface area contributed by atoms with Crippen LogP contribution in [0, 0.1) is 11.3 Å². The van der Waals surface area contributed by atoms with Crippen LogP contribution in [0.2, 0.25) is 0 Å². The van der Waals surface area contributed by atoms with Gasteiger partial charge in [-0.3, -0.25) is 0 Å². The fourth-order valence-electron chi connectivity index (χ4n) is 1.42. The highest BCUT2D eigenvalue weighted by molar-refractivity contribution is 5.89. The van der Waals surface area contributed by atoms with E-state index in [1.54, 1.807) is 6.07 Å². The van der Waals surface area contributed by atoms with Crippen molar-refractivity contribution < 1.29 is 27.4 Å². The summed E-state index contributed by atoms with van der Waals surface area (Å²) in [6.45, 7) is -0.868. The highest BCUT2D eigenvalue weighted by atomic mass is 19.4. The first kappa shape index (κ1) is 17.6. The Labute approximate surface area is 124 Å². The van der Waals surface area contributed by atoms with Gasteiger partial charge in [-0.15, -0.1) is 0 Å². The predicted molar refractivity (Wildman–Crippen MR) is 71.6 cm³/mol. The third-order valence-electron chi connectivity index (χ3n) is 2.34. The van der Waals surface area contributed by atoms with Crippen molar-refractivity contribution >= 4 is 11.7 Å². The molecule has 0 aromatic heterocycles. The van der Waals surface area contributed by atoms with Gasteiger partial charge in [0.05, 0.1) is 12.2 Å². The van der Waals surface area contributed by atoms with E-state index < -0.39 is 18.8 Å². The summed E-state index contributed by atoms with van der Waals surface area (Å²) in [5.41, 5.74) is 0.143. The van der Waals surface area contributed by atoms with Crippen molar-refractivity contribution in [1.29, 1.82) is 5.26 Å². The lowest BCUT2D eigenvalue weighted by Crippen LogP contribution is -2.31. The number of urea groups is 1. The Kier molecular flexibility index (Phi) is 6.47. The molecule has 0 saturated heterocycles. The number of nitrogens with one attached hydrogen (secondary N) is 2. The fourth-order valence-corrected chi connectivity index (χ4v) is 1.42. The van der Waals surface area contributed by atoms with E-state index >= 15 is 0 Å². The summed E-state index contributed by atoms with van der Waals surface area (Å²) in [6, 6.07) is 4.94. The zero-order valence-corrected chi connectivity index (χ0v) is 11.7. The van der Waals surface area contributed by atoms with Gasteiger partial charge in [0, 0.05) is 19.3 Å². The largest absolute Gasteiger partial charge is 0.483 e. The molecular formula is C13H14F3N3O3. The molecule has 0 aliphatic rings. The Morgan fingerprint density at radius 3 is 2.73 bits per heavy atom. The van der Waals surface area contributed by atoms with Crippen LogP contribution in [0.4, 0.5) is 23.7 Å². The van der Waals surface area contributed by atoms with Gasteiger partial charge < -0.3 is 20.1 Å². The number of carbonyl (C=O) groups is 1. The van der Waals surface area contributed by atoms with E-state index in [0.717, 1.165) is 0 Å². The minimum absolute atomic E-state index is 0.112. The molecule has 0 atom stereocenters. The van der Waals surface area contributed by atoms with E-state index in [0.29, 0.717) is 13.2 Å². The summed E-state index contributed by atoms with van der Waals surface area (Å²) in [6.07, 6.45) is -4.50. The van der Waals surface area contributed by atoms with E-state index in [4.69, 9.17) is 10.00 Å². The summed E-state index contributed by atoms with van der Waals surface area (Å²) in [4.78, 5) is 11.5. The van der Waals surface area contributed by atoms with Crippen LogP contribution < -0.4 is 15.4 Å². The van der Waals surface area contributed by atoms with Gasteiger partial charge in [0.1, 0.15) is 11.8 Å². The van der Waals surface area contributed by atoms with Crippen molar-refractivity contribution in [3.8, 4) is 11.8 Å². The van der Waals surface area contributed by atoms with Gasteiger partial charge in [-0.1, -0.05) is 0 Å². The smallest absolute Gasteiger partial charge is 0.422 e. The molecule has 0 saturated carbocycles.